The van der Waals surface area contributed by atoms with Crippen LogP contribution in [0.4, 0.5) is 5.82 Å². The number of aliphatic imine (C=N–C) groups is 1. The first-order valence-electron chi connectivity index (χ1n) is 9.16. The van der Waals surface area contributed by atoms with E-state index in [-0.39, 0.29) is 0 Å². The zero-order chi connectivity index (χ0) is 16.9. The Morgan fingerprint density at radius 3 is 2.75 bits per heavy atom. The van der Waals surface area contributed by atoms with Gasteiger partial charge < -0.3 is 16.0 Å². The molecule has 5 heteroatoms. The van der Waals surface area contributed by atoms with Crippen molar-refractivity contribution in [1.29, 1.82) is 0 Å². The highest BCUT2D eigenvalue weighted by Gasteiger charge is 2.04. The van der Waals surface area contributed by atoms with Crippen LogP contribution in [0.15, 0.2) is 41.0 Å². The van der Waals surface area contributed by atoms with Crippen molar-refractivity contribution in [3.05, 3.63) is 36.0 Å². The van der Waals surface area contributed by atoms with Gasteiger partial charge in [-0.05, 0) is 57.1 Å². The molecule has 5 nitrogen and oxygen atoms in total. The molecule has 0 aliphatic heterocycles. The number of aromatic nitrogens is 1. The number of unbranched alkanes of at least 4 members (excludes halogenated alkanes) is 1. The van der Waals surface area contributed by atoms with Crippen LogP contribution >= 0.6 is 0 Å². The van der Waals surface area contributed by atoms with Crippen LogP contribution < -0.4 is 16.0 Å². The average Bonchev–Trinajstić information content (AvgIpc) is 2.64. The van der Waals surface area contributed by atoms with Crippen molar-refractivity contribution in [2.75, 3.05) is 32.0 Å². The topological polar surface area (TPSA) is 61.3 Å². The van der Waals surface area contributed by atoms with E-state index in [1.807, 2.05) is 31.4 Å². The molecule has 1 aliphatic rings. The average molecular weight is 329 g/mol. The maximum absolute atomic E-state index is 4.29. The highest BCUT2D eigenvalue weighted by molar-refractivity contribution is 5.79. The van der Waals surface area contributed by atoms with Crippen molar-refractivity contribution < 1.29 is 0 Å². The summed E-state index contributed by atoms with van der Waals surface area (Å²) in [5, 5.41) is 10.1. The largest absolute Gasteiger partial charge is 0.370 e. The number of rotatable bonds is 9. The summed E-state index contributed by atoms with van der Waals surface area (Å²) in [4.78, 5) is 8.54. The molecule has 0 radical (unpaired) electrons. The molecule has 1 aromatic heterocycles. The van der Waals surface area contributed by atoms with E-state index in [1.165, 1.54) is 25.7 Å². The quantitative estimate of drug-likeness (QED) is 0.281. The minimum Gasteiger partial charge on any atom is -0.370 e. The Kier molecular flexibility index (Phi) is 8.76. The van der Waals surface area contributed by atoms with E-state index < -0.39 is 0 Å². The van der Waals surface area contributed by atoms with E-state index in [4.69, 9.17) is 0 Å². The molecule has 2 rings (SSSR count). The zero-order valence-corrected chi connectivity index (χ0v) is 14.9. The van der Waals surface area contributed by atoms with E-state index in [1.54, 1.807) is 5.57 Å². The molecule has 0 aromatic carbocycles. The van der Waals surface area contributed by atoms with E-state index >= 15 is 0 Å². The molecule has 0 atom stereocenters. The summed E-state index contributed by atoms with van der Waals surface area (Å²) in [5.74, 6) is 1.85. The molecule has 1 aliphatic carbocycles. The first kappa shape index (κ1) is 18.3. The fourth-order valence-corrected chi connectivity index (χ4v) is 2.83. The minimum absolute atomic E-state index is 0.907. The number of anilines is 1. The molecule has 0 saturated heterocycles. The van der Waals surface area contributed by atoms with E-state index in [9.17, 15) is 0 Å². The predicted octanol–water partition coefficient (Wildman–Crippen LogP) is 3.33. The van der Waals surface area contributed by atoms with Gasteiger partial charge in [-0.15, -0.1) is 0 Å². The van der Waals surface area contributed by atoms with Gasteiger partial charge in [-0.1, -0.05) is 17.7 Å². The summed E-state index contributed by atoms with van der Waals surface area (Å²) in [6.07, 6.45) is 12.8. The fourth-order valence-electron chi connectivity index (χ4n) is 2.83. The van der Waals surface area contributed by atoms with Gasteiger partial charge in [0.1, 0.15) is 5.82 Å². The highest BCUT2D eigenvalue weighted by atomic mass is 15.2. The van der Waals surface area contributed by atoms with Crippen molar-refractivity contribution >= 4 is 11.8 Å². The van der Waals surface area contributed by atoms with Crippen LogP contribution in [0.5, 0.6) is 0 Å². The zero-order valence-electron chi connectivity index (χ0n) is 14.9. The predicted molar refractivity (Wildman–Crippen MR) is 102 cm³/mol. The van der Waals surface area contributed by atoms with Gasteiger partial charge in [0.2, 0.25) is 0 Å². The Hall–Kier alpha value is -2.04. The maximum atomic E-state index is 4.29. The third kappa shape index (κ3) is 7.49. The Balaban J connectivity index is 1.49. The smallest absolute Gasteiger partial charge is 0.190 e. The van der Waals surface area contributed by atoms with Crippen molar-refractivity contribution in [3.8, 4) is 0 Å². The molecule has 0 fully saturated rings. The summed E-state index contributed by atoms with van der Waals surface area (Å²) in [5.41, 5.74) is 1.60. The number of nitrogens with one attached hydrogen (secondary N) is 3. The van der Waals surface area contributed by atoms with Crippen LogP contribution in [0, 0.1) is 0 Å². The third-order valence-corrected chi connectivity index (χ3v) is 4.21. The summed E-state index contributed by atoms with van der Waals surface area (Å²) in [7, 11) is 1.83. The second-order valence-corrected chi connectivity index (χ2v) is 6.13. The third-order valence-electron chi connectivity index (χ3n) is 4.21. The molecule has 0 unspecified atom stereocenters. The Labute approximate surface area is 146 Å². The lowest BCUT2D eigenvalue weighted by Gasteiger charge is -2.15. The molecular weight excluding hydrogens is 298 g/mol. The molecule has 1 aromatic rings. The monoisotopic (exact) mass is 329 g/mol. The van der Waals surface area contributed by atoms with Gasteiger partial charge in [0, 0.05) is 32.9 Å². The van der Waals surface area contributed by atoms with Crippen LogP contribution in [0.3, 0.4) is 0 Å². The second kappa shape index (κ2) is 11.5. The number of guanidine groups is 1. The number of allylic oxidation sites excluding steroid dienone is 1. The molecule has 0 amide bonds. The van der Waals surface area contributed by atoms with Crippen molar-refractivity contribution in [2.45, 2.75) is 44.9 Å². The SMILES string of the molecule is CN=C(NCCCCNc1ccccn1)NCCC1=CCCCC1. The first-order chi connectivity index (χ1) is 11.9. The standard InChI is InChI=1S/C19H31N5/c1-20-19(24-16-12-17-9-3-2-4-10-17)23-15-8-7-14-22-18-11-5-6-13-21-18/h5-6,9,11,13H,2-4,7-8,10,12,14-16H2,1H3,(H,21,22)(H2,20,23,24). The van der Waals surface area contributed by atoms with Gasteiger partial charge in [-0.2, -0.15) is 0 Å². The molecular formula is C19H31N5. The van der Waals surface area contributed by atoms with E-state index in [0.29, 0.717) is 0 Å². The van der Waals surface area contributed by atoms with Gasteiger partial charge in [-0.25, -0.2) is 4.98 Å². The van der Waals surface area contributed by atoms with Gasteiger partial charge in [-0.3, -0.25) is 4.99 Å². The highest BCUT2D eigenvalue weighted by Crippen LogP contribution is 2.19. The van der Waals surface area contributed by atoms with Crippen molar-refractivity contribution in [2.24, 2.45) is 4.99 Å². The number of nitrogens with zero attached hydrogens (tertiary/aromatic N) is 2. The Bertz CT molecular complexity index is 510. The fraction of sp³-hybridized carbons (Fsp3) is 0.579. The molecule has 3 N–H and O–H groups in total. The summed E-state index contributed by atoms with van der Waals surface area (Å²) in [6.45, 7) is 2.85. The van der Waals surface area contributed by atoms with Crippen molar-refractivity contribution in [1.82, 2.24) is 15.6 Å². The first-order valence-corrected chi connectivity index (χ1v) is 9.16. The van der Waals surface area contributed by atoms with Crippen molar-refractivity contribution in [3.63, 3.8) is 0 Å². The van der Waals surface area contributed by atoms with Crippen LogP contribution in [0.25, 0.3) is 0 Å². The lowest BCUT2D eigenvalue weighted by Crippen LogP contribution is -2.38. The van der Waals surface area contributed by atoms with E-state index in [0.717, 1.165) is 50.7 Å². The minimum atomic E-state index is 0.907. The second-order valence-electron chi connectivity index (χ2n) is 6.13. The summed E-state index contributed by atoms with van der Waals surface area (Å²) < 4.78 is 0. The number of hydrogen-bond donors (Lipinski definition) is 3. The number of hydrogen-bond acceptors (Lipinski definition) is 3. The van der Waals surface area contributed by atoms with E-state index in [2.05, 4.69) is 32.0 Å². The maximum Gasteiger partial charge on any atom is 0.190 e. The van der Waals surface area contributed by atoms with Crippen LogP contribution in [-0.2, 0) is 0 Å². The van der Waals surface area contributed by atoms with Gasteiger partial charge in [0.25, 0.3) is 0 Å². The number of pyridine rings is 1. The Morgan fingerprint density at radius 2 is 2.00 bits per heavy atom. The molecule has 24 heavy (non-hydrogen) atoms. The van der Waals surface area contributed by atoms with Gasteiger partial charge >= 0.3 is 0 Å². The normalized spacial score (nSPS) is 14.9. The molecule has 0 spiro atoms. The van der Waals surface area contributed by atoms with Gasteiger partial charge in [0.05, 0.1) is 0 Å². The summed E-state index contributed by atoms with van der Waals surface area (Å²) in [6, 6.07) is 5.92. The Morgan fingerprint density at radius 1 is 1.12 bits per heavy atom. The molecule has 0 saturated carbocycles. The van der Waals surface area contributed by atoms with Crippen LogP contribution in [0.1, 0.15) is 44.9 Å². The molecule has 1 heterocycles. The molecule has 0 bridgehead atoms. The lowest BCUT2D eigenvalue weighted by molar-refractivity contribution is 0.662. The molecule has 132 valence electrons. The van der Waals surface area contributed by atoms with Crippen LogP contribution in [-0.4, -0.2) is 37.6 Å². The van der Waals surface area contributed by atoms with Crippen LogP contribution in [0.2, 0.25) is 0 Å². The lowest BCUT2D eigenvalue weighted by atomic mass is 9.97. The summed E-state index contributed by atoms with van der Waals surface area (Å²) >= 11 is 0. The van der Waals surface area contributed by atoms with Gasteiger partial charge in [0.15, 0.2) is 5.96 Å².